The predicted octanol–water partition coefficient (Wildman–Crippen LogP) is 3.31. The second-order valence-corrected chi connectivity index (χ2v) is 6.57. The molecule has 1 atom stereocenters. The second kappa shape index (κ2) is 6.73. The van der Waals surface area contributed by atoms with Gasteiger partial charge in [-0.15, -0.1) is 5.10 Å². The van der Waals surface area contributed by atoms with E-state index in [1.807, 2.05) is 18.2 Å². The number of alkyl halides is 3. The van der Waals surface area contributed by atoms with E-state index in [4.69, 9.17) is 0 Å². The first-order valence-corrected chi connectivity index (χ1v) is 8.60. The van der Waals surface area contributed by atoms with E-state index in [1.54, 1.807) is 4.52 Å². The molecule has 1 aliphatic heterocycles. The fraction of sp³-hybridized carbons (Fsp3) is 0.333. The largest absolute Gasteiger partial charge is 0.416 e. The highest BCUT2D eigenvalue weighted by Crippen LogP contribution is 2.30. The highest BCUT2D eigenvalue weighted by atomic mass is 19.4. The zero-order valence-corrected chi connectivity index (χ0v) is 14.3. The maximum absolute atomic E-state index is 12.7. The summed E-state index contributed by atoms with van der Waals surface area (Å²) in [6.45, 7) is 1.73. The SMILES string of the molecule is OCC1CCN(c2cccc3nc(Nc4ccc(C(F)(F)F)cc4)nn23)C1. The number of hydrogen-bond acceptors (Lipinski definition) is 5. The second-order valence-electron chi connectivity index (χ2n) is 6.57. The van der Waals surface area contributed by atoms with Crippen LogP contribution < -0.4 is 10.2 Å². The van der Waals surface area contributed by atoms with Crippen LogP contribution >= 0.6 is 0 Å². The minimum Gasteiger partial charge on any atom is -0.396 e. The number of rotatable bonds is 4. The van der Waals surface area contributed by atoms with Gasteiger partial charge in [0.15, 0.2) is 5.65 Å². The Morgan fingerprint density at radius 2 is 1.93 bits per heavy atom. The van der Waals surface area contributed by atoms with Crippen molar-refractivity contribution in [3.05, 3.63) is 48.0 Å². The smallest absolute Gasteiger partial charge is 0.396 e. The molecular formula is C18H18F3N5O. The number of anilines is 3. The van der Waals surface area contributed by atoms with E-state index in [0.29, 0.717) is 17.3 Å². The van der Waals surface area contributed by atoms with Gasteiger partial charge in [0.2, 0.25) is 5.95 Å². The van der Waals surface area contributed by atoms with Crippen molar-refractivity contribution in [2.45, 2.75) is 12.6 Å². The average molecular weight is 377 g/mol. The van der Waals surface area contributed by atoms with Crippen molar-refractivity contribution < 1.29 is 18.3 Å². The van der Waals surface area contributed by atoms with Crippen molar-refractivity contribution in [2.24, 2.45) is 5.92 Å². The maximum Gasteiger partial charge on any atom is 0.416 e. The molecule has 2 N–H and O–H groups in total. The van der Waals surface area contributed by atoms with E-state index < -0.39 is 11.7 Å². The minimum absolute atomic E-state index is 0.157. The Bertz CT molecular complexity index is 938. The molecule has 0 bridgehead atoms. The number of pyridine rings is 1. The number of nitrogens with one attached hydrogen (secondary N) is 1. The van der Waals surface area contributed by atoms with E-state index in [9.17, 15) is 18.3 Å². The molecule has 4 rings (SSSR count). The molecule has 0 aliphatic carbocycles. The molecule has 1 saturated heterocycles. The third kappa shape index (κ3) is 3.55. The van der Waals surface area contributed by atoms with Crippen LogP contribution in [0.25, 0.3) is 5.65 Å². The van der Waals surface area contributed by atoms with Gasteiger partial charge in [0.05, 0.1) is 5.56 Å². The van der Waals surface area contributed by atoms with E-state index in [1.165, 1.54) is 12.1 Å². The van der Waals surface area contributed by atoms with Crippen LogP contribution in [0.5, 0.6) is 0 Å². The Morgan fingerprint density at radius 1 is 1.15 bits per heavy atom. The van der Waals surface area contributed by atoms with Crippen LogP contribution in [-0.4, -0.2) is 39.4 Å². The van der Waals surface area contributed by atoms with Gasteiger partial charge in [-0.3, -0.25) is 0 Å². The molecule has 142 valence electrons. The molecule has 2 aromatic heterocycles. The van der Waals surface area contributed by atoms with Crippen LogP contribution in [0.15, 0.2) is 42.5 Å². The van der Waals surface area contributed by atoms with Crippen molar-refractivity contribution in [2.75, 3.05) is 29.9 Å². The van der Waals surface area contributed by atoms with Crippen LogP contribution in [0, 0.1) is 5.92 Å². The standard InChI is InChI=1S/C18H18F3N5O/c19-18(20,21)13-4-6-14(7-5-13)22-17-23-15-2-1-3-16(26(15)24-17)25-9-8-12(10-25)11-27/h1-7,12,27H,8-11H2,(H,22,24). The molecule has 27 heavy (non-hydrogen) atoms. The number of aromatic nitrogens is 3. The van der Waals surface area contributed by atoms with Crippen molar-refractivity contribution in [3.8, 4) is 0 Å². The van der Waals surface area contributed by atoms with E-state index in [2.05, 4.69) is 20.3 Å². The summed E-state index contributed by atoms with van der Waals surface area (Å²) < 4.78 is 39.7. The van der Waals surface area contributed by atoms with Gasteiger partial charge in [0.1, 0.15) is 5.82 Å². The summed E-state index contributed by atoms with van der Waals surface area (Å²) in [4.78, 5) is 6.54. The Balaban J connectivity index is 1.58. The van der Waals surface area contributed by atoms with Gasteiger partial charge in [-0.2, -0.15) is 22.7 Å². The summed E-state index contributed by atoms with van der Waals surface area (Å²) in [5, 5.41) is 16.7. The molecule has 3 heterocycles. The summed E-state index contributed by atoms with van der Waals surface area (Å²) in [6, 6.07) is 10.4. The first-order chi connectivity index (χ1) is 12.9. The number of fused-ring (bicyclic) bond motifs is 1. The first kappa shape index (κ1) is 17.6. The summed E-state index contributed by atoms with van der Waals surface area (Å²) >= 11 is 0. The van der Waals surface area contributed by atoms with Crippen molar-refractivity contribution in [1.29, 1.82) is 0 Å². The highest BCUT2D eigenvalue weighted by molar-refractivity contribution is 5.59. The molecular weight excluding hydrogens is 359 g/mol. The molecule has 6 nitrogen and oxygen atoms in total. The number of aliphatic hydroxyl groups excluding tert-OH is 1. The molecule has 1 unspecified atom stereocenters. The van der Waals surface area contributed by atoms with Gasteiger partial charge in [0, 0.05) is 31.3 Å². The fourth-order valence-electron chi connectivity index (χ4n) is 3.25. The third-order valence-electron chi connectivity index (χ3n) is 4.68. The summed E-state index contributed by atoms with van der Waals surface area (Å²) in [5.41, 5.74) is 0.405. The molecule has 1 aromatic carbocycles. The van der Waals surface area contributed by atoms with Gasteiger partial charge < -0.3 is 15.3 Å². The molecule has 0 amide bonds. The van der Waals surface area contributed by atoms with Crippen LogP contribution in [0.2, 0.25) is 0 Å². The lowest BCUT2D eigenvalue weighted by Gasteiger charge is -2.18. The van der Waals surface area contributed by atoms with Crippen molar-refractivity contribution in [1.82, 2.24) is 14.6 Å². The van der Waals surface area contributed by atoms with Gasteiger partial charge in [-0.05, 0) is 42.8 Å². The fourth-order valence-corrected chi connectivity index (χ4v) is 3.25. The first-order valence-electron chi connectivity index (χ1n) is 8.60. The minimum atomic E-state index is -4.36. The Morgan fingerprint density at radius 3 is 2.59 bits per heavy atom. The zero-order valence-electron chi connectivity index (χ0n) is 14.3. The van der Waals surface area contributed by atoms with Crippen LogP contribution in [-0.2, 0) is 6.18 Å². The topological polar surface area (TPSA) is 65.7 Å². The lowest BCUT2D eigenvalue weighted by Crippen LogP contribution is -2.23. The van der Waals surface area contributed by atoms with Gasteiger partial charge >= 0.3 is 6.18 Å². The predicted molar refractivity (Wildman–Crippen MR) is 95.1 cm³/mol. The summed E-state index contributed by atoms with van der Waals surface area (Å²) in [7, 11) is 0. The number of benzene rings is 1. The normalized spacial score (nSPS) is 17.6. The van der Waals surface area contributed by atoms with E-state index in [-0.39, 0.29) is 12.5 Å². The van der Waals surface area contributed by atoms with E-state index in [0.717, 1.165) is 37.5 Å². The molecule has 0 radical (unpaired) electrons. The lowest BCUT2D eigenvalue weighted by molar-refractivity contribution is -0.137. The zero-order chi connectivity index (χ0) is 19.0. The van der Waals surface area contributed by atoms with Gasteiger partial charge in [-0.1, -0.05) is 6.07 Å². The Labute approximate surface area is 153 Å². The van der Waals surface area contributed by atoms with Gasteiger partial charge in [0.25, 0.3) is 0 Å². The van der Waals surface area contributed by atoms with Crippen LogP contribution in [0.3, 0.4) is 0 Å². The Hall–Kier alpha value is -2.81. The lowest BCUT2D eigenvalue weighted by atomic mass is 10.1. The van der Waals surface area contributed by atoms with Crippen molar-refractivity contribution >= 4 is 23.1 Å². The van der Waals surface area contributed by atoms with Crippen molar-refractivity contribution in [3.63, 3.8) is 0 Å². The molecule has 0 spiro atoms. The number of nitrogens with zero attached hydrogens (tertiary/aromatic N) is 4. The molecule has 9 heteroatoms. The molecule has 0 saturated carbocycles. The van der Waals surface area contributed by atoms with Crippen LogP contribution in [0.4, 0.5) is 30.6 Å². The summed E-state index contributed by atoms with van der Waals surface area (Å²) in [5.74, 6) is 1.42. The van der Waals surface area contributed by atoms with Gasteiger partial charge in [-0.25, -0.2) is 0 Å². The molecule has 1 aliphatic rings. The number of hydrogen-bond donors (Lipinski definition) is 2. The molecule has 1 fully saturated rings. The number of halogens is 3. The maximum atomic E-state index is 12.7. The molecule has 3 aromatic rings. The number of aliphatic hydroxyl groups is 1. The van der Waals surface area contributed by atoms with Crippen LogP contribution in [0.1, 0.15) is 12.0 Å². The summed E-state index contributed by atoms with van der Waals surface area (Å²) in [6.07, 6.45) is -3.45. The Kier molecular flexibility index (Phi) is 4.39. The quantitative estimate of drug-likeness (QED) is 0.730. The monoisotopic (exact) mass is 377 g/mol. The highest BCUT2D eigenvalue weighted by Gasteiger charge is 2.30. The third-order valence-corrected chi connectivity index (χ3v) is 4.68. The average Bonchev–Trinajstić information content (AvgIpc) is 3.27. The van der Waals surface area contributed by atoms with E-state index >= 15 is 0 Å².